The van der Waals surface area contributed by atoms with Gasteiger partial charge in [-0.25, -0.2) is 0 Å². The van der Waals surface area contributed by atoms with E-state index in [1.807, 2.05) is 19.1 Å². The molecule has 0 atom stereocenters. The lowest BCUT2D eigenvalue weighted by molar-refractivity contribution is -0.154. The van der Waals surface area contributed by atoms with E-state index in [2.05, 4.69) is 0 Å². The summed E-state index contributed by atoms with van der Waals surface area (Å²) in [7, 11) is 0. The second-order valence-corrected chi connectivity index (χ2v) is 6.06. The Kier molecular flexibility index (Phi) is 4.88. The van der Waals surface area contributed by atoms with Gasteiger partial charge >= 0.3 is 5.97 Å². The number of aliphatic carboxylic acids is 1. The first-order chi connectivity index (χ1) is 9.97. The van der Waals surface area contributed by atoms with Crippen LogP contribution < -0.4 is 0 Å². The van der Waals surface area contributed by atoms with Crippen molar-refractivity contribution in [2.75, 3.05) is 13.1 Å². The van der Waals surface area contributed by atoms with Crippen molar-refractivity contribution in [1.29, 1.82) is 0 Å². The number of halogens is 1. The Labute approximate surface area is 129 Å². The molecule has 1 N–H and O–H groups in total. The number of nitrogens with zero attached hydrogens (tertiary/aromatic N) is 1. The lowest BCUT2D eigenvalue weighted by atomic mass is 9.76. The minimum absolute atomic E-state index is 0.0346. The van der Waals surface area contributed by atoms with Crippen molar-refractivity contribution in [3.8, 4) is 0 Å². The van der Waals surface area contributed by atoms with Crippen LogP contribution in [0.25, 0.3) is 0 Å². The van der Waals surface area contributed by atoms with Crippen LogP contribution in [0.3, 0.4) is 0 Å². The SMILES string of the molecule is CCC1(C(=O)O)CCN(C(=O)Cc2cccc(Cl)c2)CC1. The molecule has 0 aromatic heterocycles. The summed E-state index contributed by atoms with van der Waals surface area (Å²) >= 11 is 5.91. The molecule has 0 radical (unpaired) electrons. The molecule has 2 rings (SSSR count). The summed E-state index contributed by atoms with van der Waals surface area (Å²) in [4.78, 5) is 25.4. The minimum atomic E-state index is -0.744. The lowest BCUT2D eigenvalue weighted by Gasteiger charge is -2.38. The summed E-state index contributed by atoms with van der Waals surface area (Å²) < 4.78 is 0. The standard InChI is InChI=1S/C16H20ClNO3/c1-2-16(15(20)21)6-8-18(9-7-16)14(19)11-12-4-3-5-13(17)10-12/h3-5,10H,2,6-9,11H2,1H3,(H,20,21). The normalized spacial score (nSPS) is 17.5. The minimum Gasteiger partial charge on any atom is -0.481 e. The predicted octanol–water partition coefficient (Wildman–Crippen LogP) is 2.99. The first-order valence-electron chi connectivity index (χ1n) is 7.22. The number of carboxylic acid groups (broad SMARTS) is 1. The molecule has 0 saturated carbocycles. The zero-order chi connectivity index (χ0) is 15.5. The second kappa shape index (κ2) is 6.48. The third-order valence-electron chi connectivity index (χ3n) is 4.45. The number of hydrogen-bond donors (Lipinski definition) is 1. The molecule has 0 aliphatic carbocycles. The third-order valence-corrected chi connectivity index (χ3v) is 4.68. The number of piperidine rings is 1. The molecular formula is C16H20ClNO3. The van der Waals surface area contributed by atoms with Crippen molar-refractivity contribution in [2.45, 2.75) is 32.6 Å². The van der Waals surface area contributed by atoms with Crippen LogP contribution in [-0.4, -0.2) is 35.0 Å². The molecule has 0 unspecified atom stereocenters. The van der Waals surface area contributed by atoms with Gasteiger partial charge in [0.05, 0.1) is 11.8 Å². The number of hydrogen-bond acceptors (Lipinski definition) is 2. The Balaban J connectivity index is 1.96. The van der Waals surface area contributed by atoms with Crippen LogP contribution in [0, 0.1) is 5.41 Å². The van der Waals surface area contributed by atoms with Gasteiger partial charge in [-0.1, -0.05) is 30.7 Å². The number of likely N-dealkylation sites (tertiary alicyclic amines) is 1. The lowest BCUT2D eigenvalue weighted by Crippen LogP contribution is -2.46. The van der Waals surface area contributed by atoms with Crippen LogP contribution in [0.15, 0.2) is 24.3 Å². The molecule has 1 aromatic rings. The highest BCUT2D eigenvalue weighted by atomic mass is 35.5. The smallest absolute Gasteiger partial charge is 0.309 e. The Morgan fingerprint density at radius 2 is 2.00 bits per heavy atom. The average molecular weight is 310 g/mol. The van der Waals surface area contributed by atoms with Gasteiger partial charge in [0, 0.05) is 18.1 Å². The van der Waals surface area contributed by atoms with E-state index in [-0.39, 0.29) is 5.91 Å². The topological polar surface area (TPSA) is 57.6 Å². The van der Waals surface area contributed by atoms with Gasteiger partial charge < -0.3 is 10.0 Å². The number of carbonyl (C=O) groups is 2. The van der Waals surface area contributed by atoms with E-state index in [1.54, 1.807) is 17.0 Å². The first-order valence-corrected chi connectivity index (χ1v) is 7.60. The molecular weight excluding hydrogens is 290 g/mol. The molecule has 1 aliphatic rings. The number of carboxylic acids is 1. The summed E-state index contributed by atoms with van der Waals surface area (Å²) in [6.45, 7) is 2.93. The summed E-state index contributed by atoms with van der Waals surface area (Å²) in [5, 5.41) is 9.98. The maximum absolute atomic E-state index is 12.3. The molecule has 1 aromatic carbocycles. The van der Waals surface area contributed by atoms with E-state index in [9.17, 15) is 14.7 Å². The zero-order valence-corrected chi connectivity index (χ0v) is 12.9. The van der Waals surface area contributed by atoms with Crippen molar-refractivity contribution in [3.63, 3.8) is 0 Å². The van der Waals surface area contributed by atoms with Crippen molar-refractivity contribution < 1.29 is 14.7 Å². The van der Waals surface area contributed by atoms with E-state index < -0.39 is 11.4 Å². The fourth-order valence-electron chi connectivity index (χ4n) is 2.84. The molecule has 5 heteroatoms. The van der Waals surface area contributed by atoms with Crippen molar-refractivity contribution >= 4 is 23.5 Å². The van der Waals surface area contributed by atoms with E-state index in [1.165, 1.54) is 0 Å². The highest BCUT2D eigenvalue weighted by Gasteiger charge is 2.40. The van der Waals surface area contributed by atoms with Gasteiger partial charge in [0.1, 0.15) is 0 Å². The van der Waals surface area contributed by atoms with Gasteiger partial charge in [0.15, 0.2) is 0 Å². The quantitative estimate of drug-likeness (QED) is 0.930. The van der Waals surface area contributed by atoms with Crippen LogP contribution in [0.1, 0.15) is 31.7 Å². The Morgan fingerprint density at radius 1 is 1.33 bits per heavy atom. The highest BCUT2D eigenvalue weighted by molar-refractivity contribution is 6.30. The molecule has 21 heavy (non-hydrogen) atoms. The zero-order valence-electron chi connectivity index (χ0n) is 12.1. The maximum atomic E-state index is 12.3. The Bertz CT molecular complexity index is 536. The summed E-state index contributed by atoms with van der Waals surface area (Å²) in [6.07, 6.45) is 1.98. The monoisotopic (exact) mass is 309 g/mol. The van der Waals surface area contributed by atoms with Crippen LogP contribution >= 0.6 is 11.6 Å². The Hall–Kier alpha value is -1.55. The van der Waals surface area contributed by atoms with Crippen molar-refractivity contribution in [3.05, 3.63) is 34.9 Å². The van der Waals surface area contributed by atoms with E-state index in [0.717, 1.165) is 5.56 Å². The van der Waals surface area contributed by atoms with Crippen molar-refractivity contribution in [1.82, 2.24) is 4.90 Å². The van der Waals surface area contributed by atoms with Gasteiger partial charge in [0.2, 0.25) is 5.91 Å². The summed E-state index contributed by atoms with van der Waals surface area (Å²) in [5.41, 5.74) is 0.227. The Morgan fingerprint density at radius 3 is 2.52 bits per heavy atom. The molecule has 1 heterocycles. The molecule has 1 fully saturated rings. The number of rotatable bonds is 4. The van der Waals surface area contributed by atoms with Crippen LogP contribution in [0.5, 0.6) is 0 Å². The summed E-state index contributed by atoms with van der Waals surface area (Å²) in [6, 6.07) is 7.27. The van der Waals surface area contributed by atoms with Crippen LogP contribution in [-0.2, 0) is 16.0 Å². The van der Waals surface area contributed by atoms with E-state index in [0.29, 0.717) is 43.8 Å². The number of carbonyl (C=O) groups excluding carboxylic acids is 1. The largest absolute Gasteiger partial charge is 0.481 e. The number of amides is 1. The first kappa shape index (κ1) is 15.8. The molecule has 1 amide bonds. The number of benzene rings is 1. The van der Waals surface area contributed by atoms with Gasteiger partial charge in [-0.3, -0.25) is 9.59 Å². The molecule has 1 aliphatic heterocycles. The van der Waals surface area contributed by atoms with Gasteiger partial charge in [-0.15, -0.1) is 0 Å². The highest BCUT2D eigenvalue weighted by Crippen LogP contribution is 2.35. The fraction of sp³-hybridized carbons (Fsp3) is 0.500. The molecule has 0 bridgehead atoms. The molecule has 4 nitrogen and oxygen atoms in total. The molecule has 1 saturated heterocycles. The molecule has 0 spiro atoms. The van der Waals surface area contributed by atoms with Crippen molar-refractivity contribution in [2.24, 2.45) is 5.41 Å². The van der Waals surface area contributed by atoms with E-state index in [4.69, 9.17) is 11.6 Å². The summed E-state index contributed by atoms with van der Waals surface area (Å²) in [5.74, 6) is -0.709. The van der Waals surface area contributed by atoms with Gasteiger partial charge in [-0.05, 0) is 37.0 Å². The average Bonchev–Trinajstić information content (AvgIpc) is 2.47. The fourth-order valence-corrected chi connectivity index (χ4v) is 3.05. The maximum Gasteiger partial charge on any atom is 0.309 e. The van der Waals surface area contributed by atoms with E-state index >= 15 is 0 Å². The van der Waals surface area contributed by atoms with Crippen LogP contribution in [0.2, 0.25) is 5.02 Å². The van der Waals surface area contributed by atoms with Gasteiger partial charge in [-0.2, -0.15) is 0 Å². The third kappa shape index (κ3) is 3.56. The predicted molar refractivity (Wildman–Crippen MR) is 81.3 cm³/mol. The second-order valence-electron chi connectivity index (χ2n) is 5.63. The van der Waals surface area contributed by atoms with Crippen LogP contribution in [0.4, 0.5) is 0 Å². The molecule has 114 valence electrons. The van der Waals surface area contributed by atoms with Gasteiger partial charge in [0.25, 0.3) is 0 Å².